The minimum absolute atomic E-state index is 0.689. The van der Waals surface area contributed by atoms with Gasteiger partial charge in [0.1, 0.15) is 11.5 Å². The van der Waals surface area contributed by atoms with E-state index in [1.807, 2.05) is 36.4 Å². The summed E-state index contributed by atoms with van der Waals surface area (Å²) in [7, 11) is -1.18. The number of unbranched alkanes of at least 4 members (excludes halogenated alkanes) is 10. The molecule has 3 nitrogen and oxygen atoms in total. The van der Waals surface area contributed by atoms with Crippen molar-refractivity contribution in [3.63, 3.8) is 0 Å². The Morgan fingerprint density at radius 1 is 0.688 bits per heavy atom. The number of ether oxygens (including phenoxy) is 2. The molecule has 1 atom stereocenters. The van der Waals surface area contributed by atoms with E-state index in [1.54, 1.807) is 0 Å². The molecule has 0 saturated heterocycles. The quantitative estimate of drug-likeness (QED) is 0.203. The van der Waals surface area contributed by atoms with Gasteiger partial charge in [-0.1, -0.05) is 96.3 Å². The van der Waals surface area contributed by atoms with Gasteiger partial charge in [0, 0.05) is 17.2 Å². The summed E-state index contributed by atoms with van der Waals surface area (Å²) < 4.78 is 25.5. The normalized spacial score (nSPS) is 14.2. The summed E-state index contributed by atoms with van der Waals surface area (Å²) in [4.78, 5) is 1.70. The van der Waals surface area contributed by atoms with Crippen LogP contribution in [0.1, 0.15) is 90.9 Å². The first-order chi connectivity index (χ1) is 15.8. The summed E-state index contributed by atoms with van der Waals surface area (Å²) in [6.45, 7) is 5.87. The molecular weight excluding hydrogens is 416 g/mol. The van der Waals surface area contributed by atoms with Crippen LogP contribution in [0.3, 0.4) is 0 Å². The van der Waals surface area contributed by atoms with Crippen LogP contribution in [0.5, 0.6) is 11.5 Å². The third-order valence-corrected chi connectivity index (χ3v) is 7.59. The largest absolute Gasteiger partial charge is 0.493 e. The molecule has 0 aliphatic carbocycles. The lowest BCUT2D eigenvalue weighted by atomic mass is 10.0. The van der Waals surface area contributed by atoms with Crippen molar-refractivity contribution in [2.24, 2.45) is 0 Å². The molecule has 2 aromatic rings. The van der Waals surface area contributed by atoms with E-state index in [9.17, 15) is 4.21 Å². The van der Waals surface area contributed by atoms with E-state index in [4.69, 9.17) is 9.47 Å². The highest BCUT2D eigenvalue weighted by atomic mass is 32.2. The molecule has 4 heteroatoms. The molecule has 0 saturated carbocycles. The van der Waals surface area contributed by atoms with Crippen molar-refractivity contribution < 1.29 is 13.7 Å². The minimum atomic E-state index is -1.18. The van der Waals surface area contributed by atoms with E-state index in [-0.39, 0.29) is 0 Å². The van der Waals surface area contributed by atoms with Gasteiger partial charge in [-0.25, -0.2) is 4.21 Å². The average Bonchev–Trinajstić information content (AvgIpc) is 3.10. The Bertz CT molecular complexity index is 862. The Balaban J connectivity index is 1.64. The lowest BCUT2D eigenvalue weighted by molar-refractivity contribution is 0.289. The van der Waals surface area contributed by atoms with Crippen LogP contribution >= 0.6 is 0 Å². The summed E-state index contributed by atoms with van der Waals surface area (Å²) in [5.74, 6) is 1.59. The Morgan fingerprint density at radius 3 is 1.97 bits per heavy atom. The Morgan fingerprint density at radius 2 is 1.28 bits per heavy atom. The van der Waals surface area contributed by atoms with Crippen molar-refractivity contribution in [3.8, 4) is 22.6 Å². The number of rotatable bonds is 16. The van der Waals surface area contributed by atoms with Crippen molar-refractivity contribution in [3.05, 3.63) is 36.4 Å². The lowest BCUT2D eigenvalue weighted by Crippen LogP contribution is -2.02. The van der Waals surface area contributed by atoms with Gasteiger partial charge in [0.2, 0.25) is 0 Å². The van der Waals surface area contributed by atoms with E-state index in [0.717, 1.165) is 45.3 Å². The van der Waals surface area contributed by atoms with Crippen molar-refractivity contribution in [2.45, 2.75) is 101 Å². The van der Waals surface area contributed by atoms with Gasteiger partial charge in [-0.05, 0) is 25.0 Å². The smallest absolute Gasteiger partial charge is 0.132 e. The van der Waals surface area contributed by atoms with Crippen LogP contribution in [0.2, 0.25) is 0 Å². The molecule has 0 fully saturated rings. The predicted octanol–water partition coefficient (Wildman–Crippen LogP) is 8.31. The molecule has 0 bridgehead atoms. The molecule has 0 N–H and O–H groups in total. The van der Waals surface area contributed by atoms with Crippen LogP contribution in [0.4, 0.5) is 0 Å². The Hall–Kier alpha value is -1.81. The zero-order valence-corrected chi connectivity index (χ0v) is 20.8. The number of hydrogen-bond acceptors (Lipinski definition) is 3. The van der Waals surface area contributed by atoms with E-state index in [1.165, 1.54) is 64.2 Å². The summed E-state index contributed by atoms with van der Waals surface area (Å²) in [5, 5.41) is 0. The van der Waals surface area contributed by atoms with E-state index in [0.29, 0.717) is 13.2 Å². The maximum atomic E-state index is 13.1. The minimum Gasteiger partial charge on any atom is -0.493 e. The summed E-state index contributed by atoms with van der Waals surface area (Å²) >= 11 is 0. The second-order valence-corrected chi connectivity index (χ2v) is 10.2. The standard InChI is InChI=1S/C28H40O3S/c1-3-5-7-9-11-15-19-30-23-21-25(31-20-16-12-10-8-6-4-2)28-24-17-13-14-18-26(24)32(29)27(28)22-23/h13-14,17-18,21-22H,3-12,15-16,19-20H2,1-2H3. The van der Waals surface area contributed by atoms with Gasteiger partial charge in [-0.3, -0.25) is 0 Å². The van der Waals surface area contributed by atoms with Gasteiger partial charge in [-0.2, -0.15) is 0 Å². The SMILES string of the molecule is CCCCCCCCOc1cc(OCCCCCCCC)c2c(c1)S(=O)c1ccccc1-2. The topological polar surface area (TPSA) is 35.5 Å². The molecule has 32 heavy (non-hydrogen) atoms. The highest BCUT2D eigenvalue weighted by molar-refractivity contribution is 7.85. The monoisotopic (exact) mass is 456 g/mol. The molecule has 3 rings (SSSR count). The Labute approximate surface area is 197 Å². The fraction of sp³-hybridized carbons (Fsp3) is 0.571. The van der Waals surface area contributed by atoms with Crippen LogP contribution in [0.15, 0.2) is 46.2 Å². The third-order valence-electron chi connectivity index (χ3n) is 6.12. The third kappa shape index (κ3) is 6.84. The van der Waals surface area contributed by atoms with Crippen LogP contribution in [-0.2, 0) is 10.8 Å². The summed E-state index contributed by atoms with van der Waals surface area (Å²) in [5.41, 5.74) is 2.01. The second kappa shape index (κ2) is 13.7. The molecule has 0 spiro atoms. The van der Waals surface area contributed by atoms with Crippen molar-refractivity contribution in [1.82, 2.24) is 0 Å². The van der Waals surface area contributed by atoms with Crippen molar-refractivity contribution in [1.29, 1.82) is 0 Å². The molecule has 1 aliphatic heterocycles. The molecular formula is C28H40O3S. The van der Waals surface area contributed by atoms with Gasteiger partial charge in [0.15, 0.2) is 0 Å². The van der Waals surface area contributed by atoms with Crippen LogP contribution in [-0.4, -0.2) is 17.4 Å². The summed E-state index contributed by atoms with van der Waals surface area (Å²) in [6, 6.07) is 11.9. The lowest BCUT2D eigenvalue weighted by Gasteiger charge is -2.14. The van der Waals surface area contributed by atoms with Crippen molar-refractivity contribution in [2.75, 3.05) is 13.2 Å². The van der Waals surface area contributed by atoms with Crippen LogP contribution in [0.25, 0.3) is 11.1 Å². The second-order valence-electron chi connectivity index (χ2n) is 8.79. The van der Waals surface area contributed by atoms with Gasteiger partial charge in [0.05, 0.1) is 33.8 Å². The molecule has 0 radical (unpaired) electrons. The van der Waals surface area contributed by atoms with E-state index >= 15 is 0 Å². The average molecular weight is 457 g/mol. The molecule has 2 aromatic carbocycles. The van der Waals surface area contributed by atoms with Crippen LogP contribution < -0.4 is 9.47 Å². The first-order valence-electron chi connectivity index (χ1n) is 12.7. The molecule has 0 amide bonds. The molecule has 1 unspecified atom stereocenters. The molecule has 1 heterocycles. The van der Waals surface area contributed by atoms with Crippen LogP contribution in [0, 0.1) is 0 Å². The fourth-order valence-corrected chi connectivity index (χ4v) is 5.69. The number of hydrogen-bond donors (Lipinski definition) is 0. The van der Waals surface area contributed by atoms with Gasteiger partial charge < -0.3 is 9.47 Å². The molecule has 0 aromatic heterocycles. The molecule has 176 valence electrons. The number of fused-ring (bicyclic) bond motifs is 3. The van der Waals surface area contributed by atoms with E-state index < -0.39 is 10.8 Å². The van der Waals surface area contributed by atoms with Crippen molar-refractivity contribution >= 4 is 10.8 Å². The predicted molar refractivity (Wildman–Crippen MR) is 134 cm³/mol. The zero-order valence-electron chi connectivity index (χ0n) is 20.0. The maximum Gasteiger partial charge on any atom is 0.132 e. The van der Waals surface area contributed by atoms with Gasteiger partial charge in [-0.15, -0.1) is 0 Å². The van der Waals surface area contributed by atoms with Gasteiger partial charge >= 0.3 is 0 Å². The van der Waals surface area contributed by atoms with Gasteiger partial charge in [0.25, 0.3) is 0 Å². The van der Waals surface area contributed by atoms with E-state index in [2.05, 4.69) is 13.8 Å². The fourth-order valence-electron chi connectivity index (χ4n) is 4.26. The number of benzene rings is 2. The summed E-state index contributed by atoms with van der Waals surface area (Å²) in [6.07, 6.45) is 14.8. The highest BCUT2D eigenvalue weighted by Crippen LogP contribution is 2.47. The first-order valence-corrected chi connectivity index (χ1v) is 13.9. The Kier molecular flexibility index (Phi) is 10.6. The first kappa shape index (κ1) is 24.8. The maximum absolute atomic E-state index is 13.1. The highest BCUT2D eigenvalue weighted by Gasteiger charge is 2.29. The zero-order chi connectivity index (χ0) is 22.6. The molecule has 1 aliphatic rings.